The summed E-state index contributed by atoms with van der Waals surface area (Å²) in [7, 11) is 0. The van der Waals surface area contributed by atoms with Crippen molar-refractivity contribution < 1.29 is 19.4 Å². The molecule has 0 spiro atoms. The Morgan fingerprint density at radius 2 is 1.79 bits per heavy atom. The van der Waals surface area contributed by atoms with E-state index in [0.29, 0.717) is 32.0 Å². The number of carbonyl (C=O) groups is 2. The maximum absolute atomic E-state index is 12.4. The highest BCUT2D eigenvalue weighted by Gasteiger charge is 2.43. The zero-order valence-corrected chi connectivity index (χ0v) is 11.6. The highest BCUT2D eigenvalue weighted by atomic mass is 16.5. The molecule has 19 heavy (non-hydrogen) atoms. The van der Waals surface area contributed by atoms with Gasteiger partial charge in [0.25, 0.3) is 0 Å². The average molecular weight is 269 g/mol. The monoisotopic (exact) mass is 269 g/mol. The number of carbonyl (C=O) groups excluding carboxylic acids is 1. The van der Waals surface area contributed by atoms with Crippen LogP contribution in [0.3, 0.4) is 0 Å². The molecule has 5 nitrogen and oxygen atoms in total. The topological polar surface area (TPSA) is 75.6 Å². The van der Waals surface area contributed by atoms with Gasteiger partial charge in [-0.2, -0.15) is 0 Å². The lowest BCUT2D eigenvalue weighted by atomic mass is 9.89. The van der Waals surface area contributed by atoms with Crippen LogP contribution in [0, 0.1) is 17.8 Å². The van der Waals surface area contributed by atoms with Crippen molar-refractivity contribution in [1.82, 2.24) is 5.32 Å². The first kappa shape index (κ1) is 14.3. The molecule has 108 valence electrons. The van der Waals surface area contributed by atoms with Crippen LogP contribution in [0.2, 0.25) is 0 Å². The number of carboxylic acid groups (broad SMARTS) is 1. The molecule has 2 rings (SSSR count). The molecular formula is C14H23NO4. The van der Waals surface area contributed by atoms with E-state index in [1.807, 2.05) is 13.8 Å². The zero-order chi connectivity index (χ0) is 14.0. The summed E-state index contributed by atoms with van der Waals surface area (Å²) >= 11 is 0. The van der Waals surface area contributed by atoms with Crippen LogP contribution in [0.4, 0.5) is 0 Å². The summed E-state index contributed by atoms with van der Waals surface area (Å²) in [5.41, 5.74) is -0.246. The summed E-state index contributed by atoms with van der Waals surface area (Å²) in [5, 5.41) is 12.3. The van der Waals surface area contributed by atoms with Crippen LogP contribution < -0.4 is 5.32 Å². The lowest BCUT2D eigenvalue weighted by Gasteiger charge is -2.35. The van der Waals surface area contributed by atoms with Gasteiger partial charge in [-0.25, -0.2) is 0 Å². The molecule has 1 amide bonds. The first-order valence-electron chi connectivity index (χ1n) is 7.04. The fourth-order valence-electron chi connectivity index (χ4n) is 3.19. The number of carboxylic acids is 1. The fraction of sp³-hybridized carbons (Fsp3) is 0.857. The first-order valence-corrected chi connectivity index (χ1v) is 7.04. The van der Waals surface area contributed by atoms with Gasteiger partial charge in [-0.3, -0.25) is 9.59 Å². The second kappa shape index (κ2) is 5.49. The third kappa shape index (κ3) is 3.26. The standard InChI is InChI=1S/C14H23NO4/c1-9-7-10(11(8-9)13(17)18)12(16)15-14(2)3-5-19-6-4-14/h9-11H,3-8H2,1-2H3,(H,15,16)(H,17,18)/t9?,10-,11+/m0/s1. The zero-order valence-electron chi connectivity index (χ0n) is 11.6. The average Bonchev–Trinajstić information content (AvgIpc) is 2.72. The largest absolute Gasteiger partial charge is 0.481 e. The third-order valence-electron chi connectivity index (χ3n) is 4.47. The Balaban J connectivity index is 2.00. The first-order chi connectivity index (χ1) is 8.91. The maximum Gasteiger partial charge on any atom is 0.307 e. The van der Waals surface area contributed by atoms with Gasteiger partial charge in [-0.15, -0.1) is 0 Å². The van der Waals surface area contributed by atoms with Crippen LogP contribution in [-0.2, 0) is 14.3 Å². The SMILES string of the molecule is CC1C[C@H](C(=O)NC2(C)CCOCC2)[C@H](C(=O)O)C1. The molecule has 0 aromatic rings. The van der Waals surface area contributed by atoms with Gasteiger partial charge in [0.2, 0.25) is 5.91 Å². The Kier molecular flexibility index (Phi) is 4.13. The lowest BCUT2D eigenvalue weighted by Crippen LogP contribution is -2.52. The molecule has 0 aromatic carbocycles. The van der Waals surface area contributed by atoms with Crippen LogP contribution in [-0.4, -0.2) is 35.7 Å². The van der Waals surface area contributed by atoms with E-state index >= 15 is 0 Å². The van der Waals surface area contributed by atoms with Crippen LogP contribution in [0.25, 0.3) is 0 Å². The predicted molar refractivity (Wildman–Crippen MR) is 69.6 cm³/mol. The van der Waals surface area contributed by atoms with E-state index in [4.69, 9.17) is 4.74 Å². The minimum Gasteiger partial charge on any atom is -0.481 e. The highest BCUT2D eigenvalue weighted by molar-refractivity contribution is 5.85. The van der Waals surface area contributed by atoms with Crippen molar-refractivity contribution in [2.24, 2.45) is 17.8 Å². The Morgan fingerprint density at radius 1 is 1.21 bits per heavy atom. The Morgan fingerprint density at radius 3 is 2.37 bits per heavy atom. The fourth-order valence-corrected chi connectivity index (χ4v) is 3.19. The lowest BCUT2D eigenvalue weighted by molar-refractivity contribution is -0.146. The molecule has 0 radical (unpaired) electrons. The second-order valence-electron chi connectivity index (χ2n) is 6.29. The van der Waals surface area contributed by atoms with Crippen molar-refractivity contribution in [3.05, 3.63) is 0 Å². The van der Waals surface area contributed by atoms with Crippen molar-refractivity contribution in [2.75, 3.05) is 13.2 Å². The normalized spacial score (nSPS) is 33.9. The van der Waals surface area contributed by atoms with Crippen molar-refractivity contribution in [1.29, 1.82) is 0 Å². The Bertz CT molecular complexity index is 362. The number of ether oxygens (including phenoxy) is 1. The molecule has 1 aliphatic heterocycles. The molecule has 2 fully saturated rings. The number of rotatable bonds is 3. The van der Waals surface area contributed by atoms with Crippen LogP contribution in [0.1, 0.15) is 39.5 Å². The highest BCUT2D eigenvalue weighted by Crippen LogP contribution is 2.37. The van der Waals surface area contributed by atoms with Crippen molar-refractivity contribution in [3.63, 3.8) is 0 Å². The number of aliphatic carboxylic acids is 1. The Labute approximate surface area is 113 Å². The molecule has 1 unspecified atom stereocenters. The van der Waals surface area contributed by atoms with Gasteiger partial charge in [-0.05, 0) is 38.5 Å². The van der Waals surface area contributed by atoms with Crippen LogP contribution in [0.15, 0.2) is 0 Å². The number of hydrogen-bond acceptors (Lipinski definition) is 3. The van der Waals surface area contributed by atoms with Gasteiger partial charge in [0.05, 0.1) is 11.8 Å². The minimum absolute atomic E-state index is 0.0962. The van der Waals surface area contributed by atoms with Crippen molar-refractivity contribution in [2.45, 2.75) is 45.1 Å². The molecule has 2 aliphatic rings. The van der Waals surface area contributed by atoms with Gasteiger partial charge >= 0.3 is 5.97 Å². The van der Waals surface area contributed by atoms with Gasteiger partial charge in [0.15, 0.2) is 0 Å². The molecule has 5 heteroatoms. The second-order valence-corrected chi connectivity index (χ2v) is 6.29. The molecule has 1 saturated heterocycles. The Hall–Kier alpha value is -1.10. The van der Waals surface area contributed by atoms with Gasteiger partial charge < -0.3 is 15.2 Å². The molecule has 0 bridgehead atoms. The molecule has 0 aromatic heterocycles. The summed E-state index contributed by atoms with van der Waals surface area (Å²) in [6.07, 6.45) is 2.86. The van der Waals surface area contributed by atoms with E-state index in [2.05, 4.69) is 5.32 Å². The summed E-state index contributed by atoms with van der Waals surface area (Å²) in [6, 6.07) is 0. The summed E-state index contributed by atoms with van der Waals surface area (Å²) in [5.74, 6) is -1.55. The number of nitrogens with one attached hydrogen (secondary N) is 1. The van der Waals surface area contributed by atoms with E-state index in [9.17, 15) is 14.7 Å². The van der Waals surface area contributed by atoms with E-state index < -0.39 is 11.9 Å². The van der Waals surface area contributed by atoms with Gasteiger partial charge in [0.1, 0.15) is 0 Å². The maximum atomic E-state index is 12.4. The third-order valence-corrected chi connectivity index (χ3v) is 4.47. The number of amides is 1. The summed E-state index contributed by atoms with van der Waals surface area (Å²) in [4.78, 5) is 23.6. The van der Waals surface area contributed by atoms with E-state index in [-0.39, 0.29) is 17.4 Å². The molecule has 1 saturated carbocycles. The molecule has 1 heterocycles. The molecular weight excluding hydrogens is 246 g/mol. The summed E-state index contributed by atoms with van der Waals surface area (Å²) in [6.45, 7) is 5.33. The predicted octanol–water partition coefficient (Wildman–Crippen LogP) is 1.42. The number of hydrogen-bond donors (Lipinski definition) is 2. The molecule has 2 N–H and O–H groups in total. The minimum atomic E-state index is -0.846. The van der Waals surface area contributed by atoms with Crippen molar-refractivity contribution >= 4 is 11.9 Å². The van der Waals surface area contributed by atoms with Gasteiger partial charge in [0, 0.05) is 18.8 Å². The quantitative estimate of drug-likeness (QED) is 0.812. The summed E-state index contributed by atoms with van der Waals surface area (Å²) < 4.78 is 5.30. The van der Waals surface area contributed by atoms with E-state index in [1.165, 1.54) is 0 Å². The van der Waals surface area contributed by atoms with E-state index in [1.54, 1.807) is 0 Å². The van der Waals surface area contributed by atoms with Gasteiger partial charge in [-0.1, -0.05) is 6.92 Å². The van der Waals surface area contributed by atoms with Crippen molar-refractivity contribution in [3.8, 4) is 0 Å². The smallest absolute Gasteiger partial charge is 0.307 e. The molecule has 3 atom stereocenters. The van der Waals surface area contributed by atoms with E-state index in [0.717, 1.165) is 12.8 Å². The van der Waals surface area contributed by atoms with Crippen LogP contribution in [0.5, 0.6) is 0 Å². The van der Waals surface area contributed by atoms with Crippen LogP contribution >= 0.6 is 0 Å². The molecule has 1 aliphatic carbocycles.